The normalized spacial score (nSPS) is 20.8. The molecule has 2 aliphatic heterocycles. The van der Waals surface area contributed by atoms with E-state index in [0.717, 1.165) is 12.8 Å². The first-order chi connectivity index (χ1) is 27.9. The number of alkyl halides is 3. The molecule has 3 fully saturated rings. The number of halogens is 4. The molecule has 3 aromatic rings. The van der Waals surface area contributed by atoms with Crippen LogP contribution in [0.3, 0.4) is 0 Å². The lowest BCUT2D eigenvalue weighted by atomic mass is 9.93. The van der Waals surface area contributed by atoms with E-state index in [1.54, 1.807) is 11.0 Å². The molecule has 15 nitrogen and oxygen atoms in total. The first-order valence-electron chi connectivity index (χ1n) is 19.9. The summed E-state index contributed by atoms with van der Waals surface area (Å²) in [6.45, 7) is 14.8. The number of aromatic nitrogens is 4. The summed E-state index contributed by atoms with van der Waals surface area (Å²) in [6.07, 6.45) is -1.24. The summed E-state index contributed by atoms with van der Waals surface area (Å²) in [5.41, 5.74) is -2.93. The third-order valence-corrected chi connectivity index (χ3v) is 12.3. The number of nitrogens with zero attached hydrogens (tertiary/aromatic N) is 6. The molecule has 1 N–H and O–H groups in total. The van der Waals surface area contributed by atoms with Crippen molar-refractivity contribution in [2.45, 2.75) is 121 Å². The summed E-state index contributed by atoms with van der Waals surface area (Å²) in [7, 11) is -4.52. The van der Waals surface area contributed by atoms with E-state index >= 15 is 0 Å². The zero-order valence-corrected chi connectivity index (χ0v) is 36.4. The van der Waals surface area contributed by atoms with E-state index in [1.165, 1.54) is 41.2 Å². The Bertz CT molecular complexity index is 2160. The summed E-state index contributed by atoms with van der Waals surface area (Å²) < 4.78 is 93.2. The number of carbonyl (C=O) groups excluding carboxylic acids is 2. The molecule has 3 aliphatic rings. The predicted molar refractivity (Wildman–Crippen MR) is 215 cm³/mol. The zero-order chi connectivity index (χ0) is 43.9. The maximum atomic E-state index is 13.6. The molecule has 60 heavy (non-hydrogen) atoms. The molecule has 1 unspecified atom stereocenters. The van der Waals surface area contributed by atoms with Gasteiger partial charge in [0.15, 0.2) is 16.6 Å². The van der Waals surface area contributed by atoms with Gasteiger partial charge in [0.1, 0.15) is 22.7 Å². The van der Waals surface area contributed by atoms with Crippen LogP contribution in [0.25, 0.3) is 5.82 Å². The number of amides is 2. The predicted octanol–water partition coefficient (Wildman–Crippen LogP) is 7.32. The van der Waals surface area contributed by atoms with Crippen LogP contribution in [0.4, 0.5) is 23.8 Å². The molecule has 0 aromatic carbocycles. The summed E-state index contributed by atoms with van der Waals surface area (Å²) in [5.74, 6) is -1.05. The van der Waals surface area contributed by atoms with Crippen molar-refractivity contribution in [2.24, 2.45) is 11.3 Å². The second kappa shape index (κ2) is 16.9. The fourth-order valence-corrected chi connectivity index (χ4v) is 8.72. The Labute approximate surface area is 353 Å². The maximum Gasteiger partial charge on any atom is 0.410 e. The topological polar surface area (TPSA) is 167 Å². The van der Waals surface area contributed by atoms with Gasteiger partial charge in [0.05, 0.1) is 24.2 Å². The Hall–Kier alpha value is -4.20. The third-order valence-electron chi connectivity index (χ3n) is 10.8. The van der Waals surface area contributed by atoms with Gasteiger partial charge >= 0.3 is 12.3 Å². The molecule has 3 aromatic heterocycles. The minimum atomic E-state index is -4.52. The summed E-state index contributed by atoms with van der Waals surface area (Å²) in [5, 5.41) is 3.44. The van der Waals surface area contributed by atoms with Crippen LogP contribution in [0.5, 0.6) is 5.88 Å². The van der Waals surface area contributed by atoms with Crippen LogP contribution in [-0.4, -0.2) is 107 Å². The van der Waals surface area contributed by atoms with Crippen molar-refractivity contribution in [1.82, 2.24) is 29.4 Å². The van der Waals surface area contributed by atoms with Crippen molar-refractivity contribution in [3.8, 4) is 11.7 Å². The minimum Gasteiger partial charge on any atom is -0.477 e. The lowest BCUT2D eigenvalue weighted by molar-refractivity contribution is -0.190. The highest BCUT2D eigenvalue weighted by molar-refractivity contribution is 7.90. The summed E-state index contributed by atoms with van der Waals surface area (Å²) >= 11 is 6.35. The molecule has 6 rings (SSSR count). The van der Waals surface area contributed by atoms with Gasteiger partial charge in [-0.3, -0.25) is 4.79 Å². The number of ether oxygens (including phenoxy) is 4. The van der Waals surface area contributed by atoms with E-state index in [1.807, 2.05) is 58.1 Å². The second-order valence-electron chi connectivity index (χ2n) is 17.8. The van der Waals surface area contributed by atoms with E-state index in [-0.39, 0.29) is 71.9 Å². The molecule has 1 saturated carbocycles. The van der Waals surface area contributed by atoms with Crippen molar-refractivity contribution in [1.29, 1.82) is 0 Å². The molecule has 0 bridgehead atoms. The number of anilines is 1. The lowest BCUT2D eigenvalue weighted by Gasteiger charge is -2.33. The Balaban J connectivity index is 1.10. The van der Waals surface area contributed by atoms with E-state index in [9.17, 15) is 31.2 Å². The molecule has 5 heterocycles. The first kappa shape index (κ1) is 45.3. The van der Waals surface area contributed by atoms with Crippen molar-refractivity contribution in [3.05, 3.63) is 53.3 Å². The SMILES string of the molecule is CC(C)(C)OC(=O)N1C[C@@H](CCCN(CC2COC(C)(C)O2)c2cccc(S(=O)(=O)NC(=O)c3ccc(-n4ccc(OCCC5(C(F)(F)F)CC5)n4)nc3Cl)n2)CC1(C)C. The summed E-state index contributed by atoms with van der Waals surface area (Å²) in [6, 6.07) is 8.59. The largest absolute Gasteiger partial charge is 0.477 e. The van der Waals surface area contributed by atoms with Gasteiger partial charge in [0.25, 0.3) is 15.9 Å². The molecule has 0 radical (unpaired) electrons. The number of carbonyl (C=O) groups is 2. The van der Waals surface area contributed by atoms with E-state index < -0.39 is 43.9 Å². The molecular weight excluding hydrogens is 831 g/mol. The molecule has 0 spiro atoms. The van der Waals surface area contributed by atoms with Crippen LogP contribution in [-0.2, 0) is 24.2 Å². The number of likely N-dealkylation sites (tertiary alicyclic amines) is 1. The van der Waals surface area contributed by atoms with Crippen molar-refractivity contribution in [3.63, 3.8) is 0 Å². The number of rotatable bonds is 15. The highest BCUT2D eigenvalue weighted by atomic mass is 35.5. The number of pyridine rings is 2. The van der Waals surface area contributed by atoms with Gasteiger partial charge in [0.2, 0.25) is 5.88 Å². The summed E-state index contributed by atoms with van der Waals surface area (Å²) in [4.78, 5) is 38.7. The molecule has 2 saturated heterocycles. The van der Waals surface area contributed by atoms with E-state index in [2.05, 4.69) is 15.1 Å². The fourth-order valence-electron chi connectivity index (χ4n) is 7.56. The molecule has 20 heteroatoms. The molecule has 2 atom stereocenters. The second-order valence-corrected chi connectivity index (χ2v) is 19.8. The number of sulfonamides is 1. The van der Waals surface area contributed by atoms with Crippen LogP contribution < -0.4 is 14.4 Å². The highest BCUT2D eigenvalue weighted by Gasteiger charge is 2.62. The van der Waals surface area contributed by atoms with E-state index in [4.69, 9.17) is 30.5 Å². The zero-order valence-electron chi connectivity index (χ0n) is 34.8. The number of hydrogen-bond donors (Lipinski definition) is 1. The van der Waals surface area contributed by atoms with E-state index in [0.29, 0.717) is 38.5 Å². The monoisotopic (exact) mass is 883 g/mol. The number of nitrogens with one attached hydrogen (secondary N) is 1. The van der Waals surface area contributed by atoms with Crippen LogP contribution >= 0.6 is 11.6 Å². The molecule has 1 aliphatic carbocycles. The van der Waals surface area contributed by atoms with Crippen LogP contribution in [0, 0.1) is 11.3 Å². The third kappa shape index (κ3) is 11.0. The lowest BCUT2D eigenvalue weighted by Crippen LogP contribution is -2.45. The molecule has 330 valence electrons. The van der Waals surface area contributed by atoms with Crippen molar-refractivity contribution in [2.75, 3.05) is 37.7 Å². The quantitative estimate of drug-likeness (QED) is 0.151. The van der Waals surface area contributed by atoms with Gasteiger partial charge in [-0.05, 0) is 117 Å². The molecule has 2 amide bonds. The minimum absolute atomic E-state index is 0.0736. The standard InChI is InChI=1S/C40H53ClF3N7O8S/c1-36(2,3)59-35(53)50-23-26(22-37(50,4)5)10-9-19-49(24-27-25-57-38(6,7)58-27)29-11-8-12-32(45-29)60(54,55)48-34(52)28-13-14-30(46-33(28)41)51-20-15-31(47-51)56-21-18-39(16-17-39)40(42,43)44/h8,11-15,20,26-27H,9-10,16-19,21-25H2,1-7H3,(H,48,52)/t26-,27?/m0/s1. The Morgan fingerprint density at radius 3 is 2.43 bits per heavy atom. The van der Waals surface area contributed by atoms with Gasteiger partial charge in [-0.15, -0.1) is 5.10 Å². The van der Waals surface area contributed by atoms with Crippen LogP contribution in [0.2, 0.25) is 5.15 Å². The van der Waals surface area contributed by atoms with Gasteiger partial charge in [-0.2, -0.15) is 21.6 Å². The maximum absolute atomic E-state index is 13.6. The van der Waals surface area contributed by atoms with Gasteiger partial charge in [0, 0.05) is 37.4 Å². The average molecular weight is 884 g/mol. The first-order valence-corrected chi connectivity index (χ1v) is 21.8. The highest BCUT2D eigenvalue weighted by Crippen LogP contribution is 2.59. The average Bonchev–Trinajstić information content (AvgIpc) is 3.49. The van der Waals surface area contributed by atoms with Gasteiger partial charge in [-0.25, -0.2) is 24.2 Å². The van der Waals surface area contributed by atoms with Crippen LogP contribution in [0.1, 0.15) is 97.3 Å². The molecular formula is C40H53ClF3N7O8S. The van der Waals surface area contributed by atoms with Gasteiger partial charge in [-0.1, -0.05) is 17.7 Å². The Morgan fingerprint density at radius 1 is 1.07 bits per heavy atom. The fraction of sp³-hybridized carbons (Fsp3) is 0.625. The smallest absolute Gasteiger partial charge is 0.410 e. The van der Waals surface area contributed by atoms with Crippen LogP contribution in [0.15, 0.2) is 47.6 Å². The van der Waals surface area contributed by atoms with Gasteiger partial charge < -0.3 is 28.7 Å². The van der Waals surface area contributed by atoms with Crippen molar-refractivity contribution < 1.29 is 50.1 Å². The van der Waals surface area contributed by atoms with Crippen molar-refractivity contribution >= 4 is 39.4 Å². The Kier molecular flexibility index (Phi) is 12.8. The Morgan fingerprint density at radius 2 is 1.80 bits per heavy atom. The number of hydrogen-bond acceptors (Lipinski definition) is 12.